The van der Waals surface area contributed by atoms with Gasteiger partial charge in [0.25, 0.3) is 0 Å². The van der Waals surface area contributed by atoms with Crippen LogP contribution in [0.2, 0.25) is 0 Å². The molecular weight excluding hydrogens is 336 g/mol. The molecule has 0 spiro atoms. The second kappa shape index (κ2) is 8.27. The summed E-state index contributed by atoms with van der Waals surface area (Å²) >= 11 is 0. The first kappa shape index (κ1) is 19.1. The lowest BCUT2D eigenvalue weighted by Crippen LogP contribution is -2.36. The Balaban J connectivity index is 1.89. The summed E-state index contributed by atoms with van der Waals surface area (Å²) < 4.78 is 26.8. The van der Waals surface area contributed by atoms with Gasteiger partial charge in [-0.2, -0.15) is 0 Å². The van der Waals surface area contributed by atoms with Gasteiger partial charge in [0.15, 0.2) is 0 Å². The third-order valence-corrected chi connectivity index (χ3v) is 5.27. The Labute approximate surface area is 149 Å². The van der Waals surface area contributed by atoms with Gasteiger partial charge in [-0.3, -0.25) is 4.79 Å². The quantitative estimate of drug-likeness (QED) is 0.797. The molecule has 5 nitrogen and oxygen atoms in total. The number of nitrogens with one attached hydrogen (secondary N) is 2. The van der Waals surface area contributed by atoms with Gasteiger partial charge in [-0.05, 0) is 36.1 Å². The van der Waals surface area contributed by atoms with Crippen LogP contribution in [0, 0.1) is 6.92 Å². The van der Waals surface area contributed by atoms with Crippen LogP contribution >= 0.6 is 0 Å². The number of hydrogen-bond acceptors (Lipinski definition) is 3. The highest BCUT2D eigenvalue weighted by molar-refractivity contribution is 7.89. The van der Waals surface area contributed by atoms with E-state index in [2.05, 4.69) is 10.0 Å². The van der Waals surface area contributed by atoms with E-state index in [0.717, 1.165) is 16.7 Å². The first-order valence-electron chi connectivity index (χ1n) is 8.20. The number of amides is 1. The van der Waals surface area contributed by atoms with Gasteiger partial charge < -0.3 is 5.32 Å². The van der Waals surface area contributed by atoms with Crippen LogP contribution in [-0.2, 0) is 21.4 Å². The predicted octanol–water partition coefficient (Wildman–Crippen LogP) is 2.71. The molecule has 0 heterocycles. The first-order chi connectivity index (χ1) is 11.8. The molecule has 0 bridgehead atoms. The summed E-state index contributed by atoms with van der Waals surface area (Å²) in [6, 6.07) is 14.5. The molecule has 0 radical (unpaired) electrons. The molecule has 25 heavy (non-hydrogen) atoms. The predicted molar refractivity (Wildman–Crippen MR) is 98.7 cm³/mol. The molecule has 2 N–H and O–H groups in total. The average Bonchev–Trinajstić information content (AvgIpc) is 2.58. The fourth-order valence-corrected chi connectivity index (χ4v) is 3.34. The minimum Gasteiger partial charge on any atom is -0.351 e. The number of carbonyl (C=O) groups is 1. The monoisotopic (exact) mass is 360 g/mol. The van der Waals surface area contributed by atoms with Crippen LogP contribution in [0.3, 0.4) is 0 Å². The zero-order chi connectivity index (χ0) is 18.4. The Bertz CT molecular complexity index is 828. The Morgan fingerprint density at radius 3 is 2.36 bits per heavy atom. The highest BCUT2D eigenvalue weighted by Gasteiger charge is 2.15. The summed E-state index contributed by atoms with van der Waals surface area (Å²) in [6.45, 7) is 6.13. The molecule has 0 fully saturated rings. The van der Waals surface area contributed by atoms with Crippen LogP contribution in [0.1, 0.15) is 36.5 Å². The molecule has 0 aliphatic carbocycles. The van der Waals surface area contributed by atoms with E-state index in [0.29, 0.717) is 12.5 Å². The number of carbonyl (C=O) groups excluding carboxylic acids is 1. The normalized spacial score (nSPS) is 11.5. The SMILES string of the molecule is Cc1cccc(CNC(=O)CNS(=O)(=O)c2ccc(C(C)C)cc2)c1. The van der Waals surface area contributed by atoms with Crippen molar-refractivity contribution in [3.63, 3.8) is 0 Å². The number of rotatable bonds is 7. The molecule has 0 aromatic heterocycles. The average molecular weight is 360 g/mol. The van der Waals surface area contributed by atoms with Gasteiger partial charge in [-0.15, -0.1) is 0 Å². The van der Waals surface area contributed by atoms with E-state index in [1.807, 2.05) is 45.0 Å². The Morgan fingerprint density at radius 1 is 1.08 bits per heavy atom. The lowest BCUT2D eigenvalue weighted by atomic mass is 10.0. The molecule has 0 saturated heterocycles. The zero-order valence-electron chi connectivity index (χ0n) is 14.7. The molecular formula is C19H24N2O3S. The number of aryl methyl sites for hydroxylation is 1. The van der Waals surface area contributed by atoms with E-state index < -0.39 is 10.0 Å². The summed E-state index contributed by atoms with van der Waals surface area (Å²) in [4.78, 5) is 12.0. The molecule has 134 valence electrons. The maximum absolute atomic E-state index is 12.2. The molecule has 0 aliphatic heterocycles. The molecule has 0 saturated carbocycles. The highest BCUT2D eigenvalue weighted by atomic mass is 32.2. The third kappa shape index (κ3) is 5.69. The molecule has 6 heteroatoms. The highest BCUT2D eigenvalue weighted by Crippen LogP contribution is 2.17. The molecule has 0 unspecified atom stereocenters. The number of sulfonamides is 1. The fraction of sp³-hybridized carbons (Fsp3) is 0.316. The van der Waals surface area contributed by atoms with Gasteiger partial charge in [0.1, 0.15) is 0 Å². The first-order valence-corrected chi connectivity index (χ1v) is 9.68. The minimum absolute atomic E-state index is 0.156. The largest absolute Gasteiger partial charge is 0.351 e. The van der Waals surface area contributed by atoms with Crippen molar-refractivity contribution in [2.45, 2.75) is 38.1 Å². The van der Waals surface area contributed by atoms with Crippen LogP contribution in [-0.4, -0.2) is 20.9 Å². The van der Waals surface area contributed by atoms with Crippen LogP contribution in [0.25, 0.3) is 0 Å². The van der Waals surface area contributed by atoms with Crippen molar-refractivity contribution >= 4 is 15.9 Å². The van der Waals surface area contributed by atoms with Crippen molar-refractivity contribution in [2.75, 3.05) is 6.54 Å². The second-order valence-electron chi connectivity index (χ2n) is 6.31. The van der Waals surface area contributed by atoms with E-state index in [9.17, 15) is 13.2 Å². The van der Waals surface area contributed by atoms with Crippen molar-refractivity contribution in [1.29, 1.82) is 0 Å². The number of benzene rings is 2. The van der Waals surface area contributed by atoms with Gasteiger partial charge in [0, 0.05) is 6.54 Å². The van der Waals surface area contributed by atoms with E-state index in [1.165, 1.54) is 0 Å². The summed E-state index contributed by atoms with van der Waals surface area (Å²) in [5.41, 5.74) is 3.15. The second-order valence-corrected chi connectivity index (χ2v) is 8.08. The van der Waals surface area contributed by atoms with E-state index >= 15 is 0 Å². The maximum atomic E-state index is 12.2. The van der Waals surface area contributed by atoms with Crippen LogP contribution in [0.15, 0.2) is 53.4 Å². The van der Waals surface area contributed by atoms with Crippen molar-refractivity contribution in [1.82, 2.24) is 10.0 Å². The van der Waals surface area contributed by atoms with Gasteiger partial charge in [-0.25, -0.2) is 13.1 Å². The summed E-state index contributed by atoms with van der Waals surface area (Å²) in [5.74, 6) is -0.0407. The van der Waals surface area contributed by atoms with E-state index in [1.54, 1.807) is 24.3 Å². The van der Waals surface area contributed by atoms with E-state index in [-0.39, 0.29) is 17.3 Å². The molecule has 0 aliphatic rings. The van der Waals surface area contributed by atoms with Crippen LogP contribution in [0.5, 0.6) is 0 Å². The topological polar surface area (TPSA) is 75.3 Å². The summed E-state index contributed by atoms with van der Waals surface area (Å²) in [5, 5.41) is 2.71. The van der Waals surface area contributed by atoms with Gasteiger partial charge in [-0.1, -0.05) is 55.8 Å². The molecule has 1 amide bonds. The van der Waals surface area contributed by atoms with Crippen molar-refractivity contribution < 1.29 is 13.2 Å². The Hall–Kier alpha value is -2.18. The molecule has 0 atom stereocenters. The number of hydrogen-bond donors (Lipinski definition) is 2. The van der Waals surface area contributed by atoms with Gasteiger partial charge in [0.05, 0.1) is 11.4 Å². The van der Waals surface area contributed by atoms with E-state index in [4.69, 9.17) is 0 Å². The Kier molecular flexibility index (Phi) is 6.33. The maximum Gasteiger partial charge on any atom is 0.241 e. The van der Waals surface area contributed by atoms with Crippen LogP contribution in [0.4, 0.5) is 0 Å². The van der Waals surface area contributed by atoms with Crippen LogP contribution < -0.4 is 10.0 Å². The van der Waals surface area contributed by atoms with Crippen molar-refractivity contribution in [3.8, 4) is 0 Å². The van der Waals surface area contributed by atoms with Crippen molar-refractivity contribution in [2.24, 2.45) is 0 Å². The molecule has 2 aromatic rings. The van der Waals surface area contributed by atoms with Crippen molar-refractivity contribution in [3.05, 3.63) is 65.2 Å². The minimum atomic E-state index is -3.70. The Morgan fingerprint density at radius 2 is 1.76 bits per heavy atom. The molecule has 2 aromatic carbocycles. The van der Waals surface area contributed by atoms with Gasteiger partial charge in [0.2, 0.25) is 15.9 Å². The lowest BCUT2D eigenvalue weighted by Gasteiger charge is -2.10. The summed E-state index contributed by atoms with van der Waals surface area (Å²) in [7, 11) is -3.70. The van der Waals surface area contributed by atoms with Gasteiger partial charge >= 0.3 is 0 Å². The molecule has 2 rings (SSSR count). The zero-order valence-corrected chi connectivity index (χ0v) is 15.6. The fourth-order valence-electron chi connectivity index (χ4n) is 2.36. The summed E-state index contributed by atoms with van der Waals surface area (Å²) in [6.07, 6.45) is 0. The standard InChI is InChI=1S/C19H24N2O3S/c1-14(2)17-7-9-18(10-8-17)25(23,24)21-13-19(22)20-12-16-6-4-5-15(3)11-16/h4-11,14,21H,12-13H2,1-3H3,(H,20,22). The third-order valence-electron chi connectivity index (χ3n) is 3.85. The lowest BCUT2D eigenvalue weighted by molar-refractivity contribution is -0.120. The smallest absolute Gasteiger partial charge is 0.241 e.